The van der Waals surface area contributed by atoms with Crippen molar-refractivity contribution in [3.63, 3.8) is 0 Å². The van der Waals surface area contributed by atoms with Gasteiger partial charge < -0.3 is 0 Å². The fourth-order valence-corrected chi connectivity index (χ4v) is 5.21. The summed E-state index contributed by atoms with van der Waals surface area (Å²) in [5.74, 6) is 2.06. The summed E-state index contributed by atoms with van der Waals surface area (Å²) < 4.78 is 29.2. The van der Waals surface area contributed by atoms with E-state index < -0.39 is 10.0 Å². The van der Waals surface area contributed by atoms with Crippen LogP contribution in [0.4, 0.5) is 0 Å². The minimum absolute atomic E-state index is 0.0141. The molecule has 1 aromatic heterocycles. The molecule has 1 heterocycles. The summed E-state index contributed by atoms with van der Waals surface area (Å²) in [5.41, 5.74) is 0. The Morgan fingerprint density at radius 3 is 2.80 bits per heavy atom. The molecule has 0 aliphatic heterocycles. The Kier molecular flexibility index (Phi) is 3.62. The van der Waals surface area contributed by atoms with Crippen molar-refractivity contribution in [1.82, 2.24) is 14.5 Å². The van der Waals surface area contributed by atoms with Gasteiger partial charge in [0, 0.05) is 18.8 Å². The van der Waals surface area contributed by atoms with Gasteiger partial charge >= 0.3 is 0 Å². The molecule has 1 aromatic rings. The maximum atomic E-state index is 12.4. The predicted molar refractivity (Wildman–Crippen MR) is 76.6 cm³/mol. The summed E-state index contributed by atoms with van der Waals surface area (Å²) in [5, 5.41) is 4.04. The zero-order valence-electron chi connectivity index (χ0n) is 12.1. The number of nitrogens with zero attached hydrogens (tertiary/aromatic N) is 2. The first-order valence-electron chi connectivity index (χ1n) is 7.54. The minimum Gasteiger partial charge on any atom is -0.272 e. The highest BCUT2D eigenvalue weighted by Crippen LogP contribution is 2.49. The fraction of sp³-hybridized carbons (Fsp3) is 0.786. The highest BCUT2D eigenvalue weighted by molar-refractivity contribution is 7.89. The summed E-state index contributed by atoms with van der Waals surface area (Å²) >= 11 is 0. The number of hydrogen-bond acceptors (Lipinski definition) is 3. The van der Waals surface area contributed by atoms with Gasteiger partial charge in [-0.1, -0.05) is 6.42 Å². The maximum Gasteiger partial charge on any atom is 0.243 e. The molecule has 0 unspecified atom stereocenters. The monoisotopic (exact) mass is 297 g/mol. The number of sulfonamides is 1. The van der Waals surface area contributed by atoms with Crippen LogP contribution in [0.5, 0.6) is 0 Å². The molecular weight excluding hydrogens is 274 g/mol. The number of hydrogen-bond donors (Lipinski definition) is 1. The molecule has 4 atom stereocenters. The molecule has 0 spiro atoms. The molecule has 0 saturated heterocycles. The smallest absolute Gasteiger partial charge is 0.243 e. The SMILES string of the molecule is CCn1cc(S(=O)(=O)N[C@H](C)[C@@H]2C[C@H]3CC[C@H]2C3)cn1. The van der Waals surface area contributed by atoms with E-state index in [-0.39, 0.29) is 10.9 Å². The van der Waals surface area contributed by atoms with Crippen molar-refractivity contribution in [2.45, 2.75) is 57.0 Å². The molecule has 0 amide bonds. The standard InChI is InChI=1S/C14H23N3O2S/c1-3-17-9-13(8-15-17)20(18,19)16-10(2)14-7-11-4-5-12(14)6-11/h8-12,14,16H,3-7H2,1-2H3/t10-,11+,12+,14+/m1/s1. The largest absolute Gasteiger partial charge is 0.272 e. The first-order chi connectivity index (χ1) is 9.49. The average molecular weight is 297 g/mol. The normalized spacial score (nSPS) is 30.8. The van der Waals surface area contributed by atoms with Crippen molar-refractivity contribution in [2.75, 3.05) is 0 Å². The lowest BCUT2D eigenvalue weighted by Crippen LogP contribution is -2.39. The first-order valence-corrected chi connectivity index (χ1v) is 9.02. The van der Waals surface area contributed by atoms with Gasteiger partial charge in [-0.2, -0.15) is 5.10 Å². The van der Waals surface area contributed by atoms with Gasteiger partial charge in [-0.05, 0) is 50.9 Å². The Hall–Kier alpha value is -0.880. The van der Waals surface area contributed by atoms with Crippen molar-refractivity contribution < 1.29 is 8.42 Å². The number of aromatic nitrogens is 2. The molecule has 5 nitrogen and oxygen atoms in total. The molecule has 1 N–H and O–H groups in total. The van der Waals surface area contributed by atoms with E-state index in [0.717, 1.165) is 11.8 Å². The zero-order chi connectivity index (χ0) is 14.3. The van der Waals surface area contributed by atoms with Gasteiger partial charge in [0.2, 0.25) is 10.0 Å². The molecule has 0 radical (unpaired) electrons. The minimum atomic E-state index is -3.44. The van der Waals surface area contributed by atoms with Gasteiger partial charge in [0.25, 0.3) is 0 Å². The van der Waals surface area contributed by atoms with E-state index in [1.54, 1.807) is 10.9 Å². The molecule has 0 aromatic carbocycles. The van der Waals surface area contributed by atoms with E-state index in [2.05, 4.69) is 9.82 Å². The third kappa shape index (κ3) is 2.51. The van der Waals surface area contributed by atoms with Crippen LogP contribution in [0.1, 0.15) is 39.5 Å². The Labute approximate surface area is 120 Å². The van der Waals surface area contributed by atoms with E-state index in [9.17, 15) is 8.42 Å². The Bertz CT molecular complexity index is 581. The molecule has 20 heavy (non-hydrogen) atoms. The number of rotatable bonds is 5. The summed E-state index contributed by atoms with van der Waals surface area (Å²) in [7, 11) is -3.44. The molecule has 2 aliphatic rings. The summed E-state index contributed by atoms with van der Waals surface area (Å²) in [6, 6.07) is 0.0141. The van der Waals surface area contributed by atoms with Crippen molar-refractivity contribution in [3.05, 3.63) is 12.4 Å². The Morgan fingerprint density at radius 1 is 1.45 bits per heavy atom. The van der Waals surface area contributed by atoms with Crippen molar-refractivity contribution >= 4 is 10.0 Å². The highest BCUT2D eigenvalue weighted by Gasteiger charge is 2.42. The van der Waals surface area contributed by atoms with E-state index in [1.807, 2.05) is 13.8 Å². The van der Waals surface area contributed by atoms with Gasteiger partial charge in [0.05, 0.1) is 6.20 Å². The first kappa shape index (κ1) is 14.1. The van der Waals surface area contributed by atoms with Crippen molar-refractivity contribution in [2.24, 2.45) is 17.8 Å². The van der Waals surface area contributed by atoms with Crippen molar-refractivity contribution in [1.29, 1.82) is 0 Å². The predicted octanol–water partition coefficient (Wildman–Crippen LogP) is 2.01. The second-order valence-electron chi connectivity index (χ2n) is 6.28. The quantitative estimate of drug-likeness (QED) is 0.904. The Balaban J connectivity index is 1.69. The molecule has 2 aliphatic carbocycles. The van der Waals surface area contributed by atoms with Crippen LogP contribution in [-0.4, -0.2) is 24.2 Å². The van der Waals surface area contributed by atoms with Gasteiger partial charge in [-0.15, -0.1) is 0 Å². The molecule has 6 heteroatoms. The maximum absolute atomic E-state index is 12.4. The van der Waals surface area contributed by atoms with Crippen molar-refractivity contribution in [3.8, 4) is 0 Å². The fourth-order valence-electron chi connectivity index (χ4n) is 3.96. The van der Waals surface area contributed by atoms with Gasteiger partial charge in [-0.25, -0.2) is 13.1 Å². The second kappa shape index (κ2) is 5.15. The number of fused-ring (bicyclic) bond motifs is 2. The average Bonchev–Trinajstić information content (AvgIpc) is 3.13. The third-order valence-corrected chi connectivity index (χ3v) is 6.53. The van der Waals surface area contributed by atoms with Crippen LogP contribution in [0.15, 0.2) is 17.3 Å². The summed E-state index contributed by atoms with van der Waals surface area (Å²) in [4.78, 5) is 0.273. The van der Waals surface area contributed by atoms with Crippen LogP contribution in [-0.2, 0) is 16.6 Å². The Morgan fingerprint density at radius 2 is 2.25 bits per heavy atom. The molecule has 112 valence electrons. The van der Waals surface area contributed by atoms with Crippen LogP contribution >= 0.6 is 0 Å². The third-order valence-electron chi connectivity index (χ3n) is 5.02. The van der Waals surface area contributed by atoms with E-state index in [4.69, 9.17) is 0 Å². The van der Waals surface area contributed by atoms with E-state index >= 15 is 0 Å². The molecule has 2 bridgehead atoms. The van der Waals surface area contributed by atoms with E-state index in [0.29, 0.717) is 12.5 Å². The van der Waals surface area contributed by atoms with Gasteiger partial charge in [0.1, 0.15) is 4.90 Å². The molecule has 3 rings (SSSR count). The lowest BCUT2D eigenvalue weighted by molar-refractivity contribution is 0.280. The zero-order valence-corrected chi connectivity index (χ0v) is 12.9. The summed E-state index contributed by atoms with van der Waals surface area (Å²) in [6.45, 7) is 4.62. The second-order valence-corrected chi connectivity index (χ2v) is 7.99. The lowest BCUT2D eigenvalue weighted by Gasteiger charge is -2.28. The van der Waals surface area contributed by atoms with Crippen LogP contribution in [0.25, 0.3) is 0 Å². The molecular formula is C14H23N3O2S. The summed E-state index contributed by atoms with van der Waals surface area (Å²) in [6.07, 6.45) is 8.11. The van der Waals surface area contributed by atoms with Gasteiger partial charge in [0.15, 0.2) is 0 Å². The van der Waals surface area contributed by atoms with Crippen LogP contribution in [0, 0.1) is 17.8 Å². The molecule has 2 saturated carbocycles. The topological polar surface area (TPSA) is 64.0 Å². The number of aryl methyl sites for hydroxylation is 1. The van der Waals surface area contributed by atoms with Crippen LogP contribution in [0.3, 0.4) is 0 Å². The van der Waals surface area contributed by atoms with Crippen LogP contribution in [0.2, 0.25) is 0 Å². The molecule has 2 fully saturated rings. The van der Waals surface area contributed by atoms with Gasteiger partial charge in [-0.3, -0.25) is 4.68 Å². The highest BCUT2D eigenvalue weighted by atomic mass is 32.2. The van der Waals surface area contributed by atoms with E-state index in [1.165, 1.54) is 31.9 Å². The number of nitrogens with one attached hydrogen (secondary N) is 1. The van der Waals surface area contributed by atoms with Crippen LogP contribution < -0.4 is 4.72 Å². The lowest BCUT2D eigenvalue weighted by atomic mass is 9.84.